The topological polar surface area (TPSA) is 47.3 Å². The van der Waals surface area contributed by atoms with Gasteiger partial charge in [0.2, 0.25) is 0 Å². The Morgan fingerprint density at radius 3 is 2.10 bits per heavy atom. The number of nitrogens with two attached hydrogens (primary N) is 1. The second kappa shape index (κ2) is 6.91. The second-order valence-corrected chi connectivity index (χ2v) is 6.87. The van der Waals surface area contributed by atoms with Crippen LogP contribution in [0.5, 0.6) is 0 Å². The van der Waals surface area contributed by atoms with Gasteiger partial charge in [-0.15, -0.1) is 0 Å². The van der Waals surface area contributed by atoms with E-state index < -0.39 is 0 Å². The molecule has 0 aromatic heterocycles. The molecular formula is C18H30N2O. The van der Waals surface area contributed by atoms with E-state index in [1.165, 1.54) is 24.0 Å². The van der Waals surface area contributed by atoms with E-state index in [1.54, 1.807) is 0 Å². The zero-order valence-electron chi connectivity index (χ0n) is 13.9. The first kappa shape index (κ1) is 16.5. The summed E-state index contributed by atoms with van der Waals surface area (Å²) in [6.07, 6.45) is 4.53. The molecule has 1 atom stereocenters. The maximum Gasteiger partial charge on any atom is 0.0885 e. The molecule has 118 valence electrons. The lowest BCUT2D eigenvalue weighted by atomic mass is 9.73. The predicted molar refractivity (Wildman–Crippen MR) is 88.0 cm³/mol. The largest absolute Gasteiger partial charge is 0.376 e. The summed E-state index contributed by atoms with van der Waals surface area (Å²) in [6.45, 7) is 6.75. The SMILES string of the molecule is COC1(C(NN)c2ccc(C(C)C)cc2)CCC(C)CC1. The van der Waals surface area contributed by atoms with Crippen molar-refractivity contribution < 1.29 is 4.74 Å². The Hall–Kier alpha value is -0.900. The lowest BCUT2D eigenvalue weighted by Gasteiger charge is -2.44. The van der Waals surface area contributed by atoms with Gasteiger partial charge < -0.3 is 4.74 Å². The Balaban J connectivity index is 2.24. The molecule has 1 unspecified atom stereocenters. The number of methoxy groups -OCH3 is 1. The van der Waals surface area contributed by atoms with Gasteiger partial charge >= 0.3 is 0 Å². The Morgan fingerprint density at radius 2 is 1.67 bits per heavy atom. The number of ether oxygens (including phenoxy) is 1. The highest BCUT2D eigenvalue weighted by atomic mass is 16.5. The molecule has 1 aromatic carbocycles. The summed E-state index contributed by atoms with van der Waals surface area (Å²) in [7, 11) is 1.82. The number of hydrogen-bond acceptors (Lipinski definition) is 3. The summed E-state index contributed by atoms with van der Waals surface area (Å²) in [5.41, 5.74) is 5.42. The summed E-state index contributed by atoms with van der Waals surface area (Å²) in [5, 5.41) is 0. The van der Waals surface area contributed by atoms with Gasteiger partial charge in [-0.2, -0.15) is 0 Å². The summed E-state index contributed by atoms with van der Waals surface area (Å²) in [6, 6.07) is 8.85. The second-order valence-electron chi connectivity index (χ2n) is 6.87. The van der Waals surface area contributed by atoms with E-state index in [0.29, 0.717) is 5.92 Å². The van der Waals surface area contributed by atoms with Gasteiger partial charge in [0.05, 0.1) is 11.6 Å². The van der Waals surface area contributed by atoms with Crippen molar-refractivity contribution in [2.75, 3.05) is 7.11 Å². The van der Waals surface area contributed by atoms with Crippen LogP contribution in [0.1, 0.15) is 69.5 Å². The van der Waals surface area contributed by atoms with E-state index in [4.69, 9.17) is 10.6 Å². The molecule has 21 heavy (non-hydrogen) atoms. The molecule has 0 aliphatic heterocycles. The Bertz CT molecular complexity index is 433. The maximum absolute atomic E-state index is 5.97. The van der Waals surface area contributed by atoms with Crippen molar-refractivity contribution in [2.45, 2.75) is 64.0 Å². The van der Waals surface area contributed by atoms with Gasteiger partial charge in [-0.3, -0.25) is 11.3 Å². The van der Waals surface area contributed by atoms with Crippen LogP contribution < -0.4 is 11.3 Å². The maximum atomic E-state index is 5.97. The summed E-state index contributed by atoms with van der Waals surface area (Å²) >= 11 is 0. The van der Waals surface area contributed by atoms with Crippen LogP contribution in [0.4, 0.5) is 0 Å². The third-order valence-corrected chi connectivity index (χ3v) is 5.16. The number of hydrogen-bond donors (Lipinski definition) is 2. The Kier molecular flexibility index (Phi) is 5.42. The molecule has 0 radical (unpaired) electrons. The minimum Gasteiger partial charge on any atom is -0.376 e. The fraction of sp³-hybridized carbons (Fsp3) is 0.667. The molecule has 0 spiro atoms. The minimum atomic E-state index is -0.180. The van der Waals surface area contributed by atoms with Crippen LogP contribution in [-0.4, -0.2) is 12.7 Å². The molecule has 1 aliphatic rings. The van der Waals surface area contributed by atoms with Crippen LogP contribution in [0.3, 0.4) is 0 Å². The average Bonchev–Trinajstić information content (AvgIpc) is 2.50. The van der Waals surface area contributed by atoms with E-state index >= 15 is 0 Å². The molecule has 1 fully saturated rings. The normalized spacial score (nSPS) is 27.8. The lowest BCUT2D eigenvalue weighted by Crippen LogP contribution is -2.49. The van der Waals surface area contributed by atoms with Crippen molar-refractivity contribution in [1.29, 1.82) is 0 Å². The van der Waals surface area contributed by atoms with Gasteiger partial charge in [-0.1, -0.05) is 45.0 Å². The van der Waals surface area contributed by atoms with E-state index in [2.05, 4.69) is 50.5 Å². The highest BCUT2D eigenvalue weighted by Crippen LogP contribution is 2.42. The molecule has 1 saturated carbocycles. The zero-order valence-corrected chi connectivity index (χ0v) is 13.9. The molecule has 2 rings (SSSR count). The summed E-state index contributed by atoms with van der Waals surface area (Å²) in [4.78, 5) is 0. The number of benzene rings is 1. The van der Waals surface area contributed by atoms with E-state index in [0.717, 1.165) is 18.8 Å². The standard InChI is InChI=1S/C18H30N2O/c1-13(2)15-5-7-16(8-6-15)17(20-19)18(21-4)11-9-14(3)10-12-18/h5-8,13-14,17,20H,9-12,19H2,1-4H3. The van der Waals surface area contributed by atoms with E-state index in [1.807, 2.05) is 7.11 Å². The zero-order chi connectivity index (χ0) is 15.5. The van der Waals surface area contributed by atoms with Gasteiger partial charge in [0.1, 0.15) is 0 Å². The Morgan fingerprint density at radius 1 is 1.14 bits per heavy atom. The van der Waals surface area contributed by atoms with Crippen molar-refractivity contribution in [2.24, 2.45) is 11.8 Å². The first-order valence-electron chi connectivity index (χ1n) is 8.13. The minimum absolute atomic E-state index is 0.0520. The molecular weight excluding hydrogens is 260 g/mol. The molecule has 3 heteroatoms. The summed E-state index contributed by atoms with van der Waals surface area (Å²) in [5.74, 6) is 7.24. The molecule has 3 N–H and O–H groups in total. The van der Waals surface area contributed by atoms with Gasteiger partial charge in [0.25, 0.3) is 0 Å². The predicted octanol–water partition coefficient (Wildman–Crippen LogP) is 3.91. The van der Waals surface area contributed by atoms with Gasteiger partial charge in [-0.05, 0) is 48.6 Å². The van der Waals surface area contributed by atoms with Crippen LogP contribution in [0, 0.1) is 5.92 Å². The van der Waals surface area contributed by atoms with Crippen LogP contribution in [-0.2, 0) is 4.74 Å². The van der Waals surface area contributed by atoms with Crippen molar-refractivity contribution in [3.8, 4) is 0 Å². The van der Waals surface area contributed by atoms with Crippen LogP contribution in [0.15, 0.2) is 24.3 Å². The number of rotatable bonds is 5. The van der Waals surface area contributed by atoms with E-state index in [-0.39, 0.29) is 11.6 Å². The lowest BCUT2D eigenvalue weighted by molar-refractivity contribution is -0.0761. The Labute approximate surface area is 129 Å². The molecule has 0 amide bonds. The smallest absolute Gasteiger partial charge is 0.0885 e. The monoisotopic (exact) mass is 290 g/mol. The summed E-state index contributed by atoms with van der Waals surface area (Å²) < 4.78 is 5.97. The molecule has 1 aromatic rings. The highest BCUT2D eigenvalue weighted by Gasteiger charge is 2.41. The van der Waals surface area contributed by atoms with E-state index in [9.17, 15) is 0 Å². The molecule has 0 saturated heterocycles. The third-order valence-electron chi connectivity index (χ3n) is 5.16. The molecule has 0 heterocycles. The van der Waals surface area contributed by atoms with Crippen LogP contribution >= 0.6 is 0 Å². The van der Waals surface area contributed by atoms with Crippen molar-refractivity contribution >= 4 is 0 Å². The van der Waals surface area contributed by atoms with Gasteiger partial charge in [0, 0.05) is 7.11 Å². The first-order chi connectivity index (χ1) is 10.0. The quantitative estimate of drug-likeness (QED) is 0.638. The van der Waals surface area contributed by atoms with Crippen LogP contribution in [0.2, 0.25) is 0 Å². The molecule has 1 aliphatic carbocycles. The number of nitrogens with one attached hydrogen (secondary N) is 1. The molecule has 0 bridgehead atoms. The van der Waals surface area contributed by atoms with Gasteiger partial charge in [-0.25, -0.2) is 0 Å². The van der Waals surface area contributed by atoms with Crippen molar-refractivity contribution in [3.63, 3.8) is 0 Å². The van der Waals surface area contributed by atoms with Gasteiger partial charge in [0.15, 0.2) is 0 Å². The number of hydrazine groups is 1. The fourth-order valence-corrected chi connectivity index (χ4v) is 3.49. The van der Waals surface area contributed by atoms with Crippen molar-refractivity contribution in [3.05, 3.63) is 35.4 Å². The third kappa shape index (κ3) is 3.47. The van der Waals surface area contributed by atoms with Crippen LogP contribution in [0.25, 0.3) is 0 Å². The average molecular weight is 290 g/mol. The highest BCUT2D eigenvalue weighted by molar-refractivity contribution is 5.29. The van der Waals surface area contributed by atoms with Crippen molar-refractivity contribution in [1.82, 2.24) is 5.43 Å². The molecule has 3 nitrogen and oxygen atoms in total. The first-order valence-corrected chi connectivity index (χ1v) is 8.13. The fourth-order valence-electron chi connectivity index (χ4n) is 3.49.